The van der Waals surface area contributed by atoms with Gasteiger partial charge in [0.2, 0.25) is 0 Å². The van der Waals surface area contributed by atoms with Crippen LogP contribution in [-0.4, -0.2) is 37.0 Å². The second kappa shape index (κ2) is 44.0. The van der Waals surface area contributed by atoms with E-state index in [0.717, 1.165) is 64.2 Å². The van der Waals surface area contributed by atoms with Crippen LogP contribution in [0.5, 0.6) is 0 Å². The van der Waals surface area contributed by atoms with E-state index in [1.807, 2.05) is 0 Å². The molecule has 0 spiro atoms. The average Bonchev–Trinajstić information content (AvgIpc) is 3.14. The smallest absolute Gasteiger partial charge is 0.306 e. The van der Waals surface area contributed by atoms with E-state index in [1.54, 1.807) is 0 Å². The van der Waals surface area contributed by atoms with Gasteiger partial charge in [0.1, 0.15) is 6.10 Å². The predicted molar refractivity (Wildman–Crippen MR) is 223 cm³/mol. The zero-order chi connectivity index (χ0) is 37.0. The lowest BCUT2D eigenvalue weighted by molar-refractivity contribution is -0.154. The monoisotopic (exact) mass is 711 g/mol. The van der Waals surface area contributed by atoms with Crippen molar-refractivity contribution in [2.75, 3.05) is 19.8 Å². The molecule has 0 aliphatic carbocycles. The molecule has 0 saturated carbocycles. The van der Waals surface area contributed by atoms with E-state index in [1.165, 1.54) is 109 Å². The Kier molecular flexibility index (Phi) is 42.1. The van der Waals surface area contributed by atoms with Gasteiger partial charge in [-0.25, -0.2) is 0 Å². The van der Waals surface area contributed by atoms with Crippen LogP contribution in [-0.2, 0) is 14.3 Å². The number of esters is 1. The molecule has 0 aliphatic heterocycles. The van der Waals surface area contributed by atoms with Crippen molar-refractivity contribution in [2.45, 2.75) is 200 Å². The quantitative estimate of drug-likeness (QED) is 0.0392. The van der Waals surface area contributed by atoms with Gasteiger partial charge in [0, 0.05) is 13.0 Å². The summed E-state index contributed by atoms with van der Waals surface area (Å²) < 4.78 is 11.1. The van der Waals surface area contributed by atoms with Gasteiger partial charge in [-0.15, -0.1) is 0 Å². The molecule has 1 atom stereocenters. The minimum atomic E-state index is -0.546. The minimum absolute atomic E-state index is 0.181. The van der Waals surface area contributed by atoms with E-state index in [2.05, 4.69) is 86.8 Å². The first-order valence-corrected chi connectivity index (χ1v) is 21.5. The van der Waals surface area contributed by atoms with Crippen molar-refractivity contribution in [2.24, 2.45) is 0 Å². The van der Waals surface area contributed by atoms with Gasteiger partial charge < -0.3 is 14.6 Å². The molecule has 0 fully saturated rings. The Balaban J connectivity index is 3.46. The van der Waals surface area contributed by atoms with Gasteiger partial charge in [-0.3, -0.25) is 4.79 Å². The molecule has 294 valence electrons. The summed E-state index contributed by atoms with van der Waals surface area (Å²) in [5, 5.41) is 9.60. The molecule has 0 aromatic rings. The summed E-state index contributed by atoms with van der Waals surface area (Å²) in [5.41, 5.74) is 0. The average molecular weight is 711 g/mol. The van der Waals surface area contributed by atoms with Crippen molar-refractivity contribution in [3.8, 4) is 0 Å². The maximum atomic E-state index is 12.2. The van der Waals surface area contributed by atoms with Gasteiger partial charge >= 0.3 is 5.97 Å². The van der Waals surface area contributed by atoms with E-state index in [4.69, 9.17) is 9.47 Å². The summed E-state index contributed by atoms with van der Waals surface area (Å²) in [5.74, 6) is -0.217. The molecule has 4 heteroatoms. The molecule has 1 N–H and O–H groups in total. The molecule has 0 radical (unpaired) electrons. The maximum Gasteiger partial charge on any atom is 0.306 e. The highest BCUT2D eigenvalue weighted by molar-refractivity contribution is 5.69. The summed E-state index contributed by atoms with van der Waals surface area (Å²) in [7, 11) is 0. The largest absolute Gasteiger partial charge is 0.457 e. The summed E-state index contributed by atoms with van der Waals surface area (Å²) in [6.45, 7) is 5.18. The second-order valence-corrected chi connectivity index (χ2v) is 14.0. The Morgan fingerprint density at radius 3 is 1.33 bits per heavy atom. The highest BCUT2D eigenvalue weighted by Crippen LogP contribution is 2.13. The fourth-order valence-electron chi connectivity index (χ4n) is 5.82. The van der Waals surface area contributed by atoms with Crippen LogP contribution in [0.3, 0.4) is 0 Å². The molecule has 1 unspecified atom stereocenters. The summed E-state index contributed by atoms with van der Waals surface area (Å²) in [6, 6.07) is 0. The number of carbonyl (C=O) groups is 1. The molecular weight excluding hydrogens is 629 g/mol. The summed E-state index contributed by atoms with van der Waals surface area (Å²) in [4.78, 5) is 12.2. The molecule has 0 aromatic heterocycles. The van der Waals surface area contributed by atoms with Crippen LogP contribution in [0.4, 0.5) is 0 Å². The number of aliphatic hydroxyl groups excluding tert-OH is 1. The zero-order valence-electron chi connectivity index (χ0n) is 33.6. The summed E-state index contributed by atoms with van der Waals surface area (Å²) >= 11 is 0. The molecule has 0 heterocycles. The third-order valence-corrected chi connectivity index (χ3v) is 9.02. The first-order valence-electron chi connectivity index (χ1n) is 21.5. The highest BCUT2D eigenvalue weighted by Gasteiger charge is 2.13. The maximum absolute atomic E-state index is 12.2. The van der Waals surface area contributed by atoms with Gasteiger partial charge in [-0.05, 0) is 83.5 Å². The van der Waals surface area contributed by atoms with Crippen molar-refractivity contribution >= 4 is 5.97 Å². The molecule has 4 nitrogen and oxygen atoms in total. The number of ether oxygens (including phenoxy) is 2. The van der Waals surface area contributed by atoms with Crippen molar-refractivity contribution in [1.29, 1.82) is 0 Å². The summed E-state index contributed by atoms with van der Waals surface area (Å²) in [6.07, 6.45) is 59.6. The lowest BCUT2D eigenvalue weighted by Gasteiger charge is -2.15. The van der Waals surface area contributed by atoms with Crippen LogP contribution in [0.25, 0.3) is 0 Å². The van der Waals surface area contributed by atoms with Crippen LogP contribution >= 0.6 is 0 Å². The lowest BCUT2D eigenvalue weighted by Crippen LogP contribution is -2.27. The van der Waals surface area contributed by atoms with Crippen LogP contribution in [0.1, 0.15) is 194 Å². The minimum Gasteiger partial charge on any atom is -0.457 e. The third kappa shape index (κ3) is 42.1. The van der Waals surface area contributed by atoms with Crippen molar-refractivity contribution in [3.05, 3.63) is 72.9 Å². The number of hydrogen-bond donors (Lipinski definition) is 1. The van der Waals surface area contributed by atoms with E-state index in [9.17, 15) is 9.90 Å². The van der Waals surface area contributed by atoms with Crippen LogP contribution in [0.2, 0.25) is 0 Å². The van der Waals surface area contributed by atoms with E-state index in [-0.39, 0.29) is 19.2 Å². The topological polar surface area (TPSA) is 55.8 Å². The fraction of sp³-hybridized carbons (Fsp3) is 0.723. The second-order valence-electron chi connectivity index (χ2n) is 14.0. The first kappa shape index (κ1) is 48.8. The van der Waals surface area contributed by atoms with E-state index < -0.39 is 6.10 Å². The van der Waals surface area contributed by atoms with Gasteiger partial charge in [0.15, 0.2) is 0 Å². The third-order valence-electron chi connectivity index (χ3n) is 9.02. The van der Waals surface area contributed by atoms with Crippen molar-refractivity contribution < 1.29 is 19.4 Å². The van der Waals surface area contributed by atoms with Gasteiger partial charge in [0.25, 0.3) is 0 Å². The van der Waals surface area contributed by atoms with Crippen molar-refractivity contribution in [3.63, 3.8) is 0 Å². The normalized spacial score (nSPS) is 13.1. The van der Waals surface area contributed by atoms with Gasteiger partial charge in [-0.2, -0.15) is 0 Å². The molecular formula is C47H82O4. The van der Waals surface area contributed by atoms with Crippen LogP contribution < -0.4 is 0 Å². The van der Waals surface area contributed by atoms with Crippen LogP contribution in [0, 0.1) is 0 Å². The number of hydrogen-bond acceptors (Lipinski definition) is 4. The molecule has 0 aromatic carbocycles. The van der Waals surface area contributed by atoms with E-state index in [0.29, 0.717) is 13.0 Å². The molecule has 0 bridgehead atoms. The standard InChI is InChI=1S/C47H82O4/c1-3-5-7-9-11-13-15-17-19-20-21-22-23-24-25-26-27-29-31-33-35-37-39-41-43-50-45-46(44-48)51-47(49)42-40-38-36-34-32-30-28-18-16-14-12-10-8-6-4-2/h5,7,11-14,17-19,21-22,28,46,48H,3-4,6,8-10,15-16,20,23-27,29-45H2,1-2H3/b7-5-,13-11-,14-12-,19-17-,22-21-,28-18-. The Bertz CT molecular complexity index is 881. The Morgan fingerprint density at radius 1 is 0.490 bits per heavy atom. The number of unbranched alkanes of at least 4 members (excludes halogenated alkanes) is 19. The Labute approximate surface area is 317 Å². The Hall–Kier alpha value is -2.17. The fourth-order valence-corrected chi connectivity index (χ4v) is 5.82. The highest BCUT2D eigenvalue weighted by atomic mass is 16.6. The number of rotatable bonds is 39. The molecule has 0 rings (SSSR count). The molecule has 51 heavy (non-hydrogen) atoms. The molecule has 0 aliphatic rings. The SMILES string of the molecule is CC/C=C\C/C=C\C/C=C\C/C=C\CCCCCCCCCCCCCOCC(CO)OC(=O)CCCCCCC/C=C\C/C=C\CCCCC. The lowest BCUT2D eigenvalue weighted by atomic mass is 10.1. The van der Waals surface area contributed by atoms with Gasteiger partial charge in [0.05, 0.1) is 13.2 Å². The van der Waals surface area contributed by atoms with Crippen LogP contribution in [0.15, 0.2) is 72.9 Å². The van der Waals surface area contributed by atoms with Gasteiger partial charge in [-0.1, -0.05) is 177 Å². The Morgan fingerprint density at radius 2 is 0.882 bits per heavy atom. The molecule has 0 saturated heterocycles. The van der Waals surface area contributed by atoms with E-state index >= 15 is 0 Å². The number of allylic oxidation sites excluding steroid dienone is 12. The predicted octanol–water partition coefficient (Wildman–Crippen LogP) is 14.2. The van der Waals surface area contributed by atoms with Crippen molar-refractivity contribution in [1.82, 2.24) is 0 Å². The number of carbonyl (C=O) groups excluding carboxylic acids is 1. The first-order chi connectivity index (χ1) is 25.2. The molecule has 0 amide bonds. The number of aliphatic hydroxyl groups is 1. The zero-order valence-corrected chi connectivity index (χ0v) is 33.6.